The monoisotopic (exact) mass is 326 g/mol. The Labute approximate surface area is 122 Å². The topological polar surface area (TPSA) is 24.4 Å². The van der Waals surface area contributed by atoms with Gasteiger partial charge in [0.2, 0.25) is 0 Å². The lowest BCUT2D eigenvalue weighted by Gasteiger charge is -2.25. The highest BCUT2D eigenvalue weighted by molar-refractivity contribution is 9.10. The van der Waals surface area contributed by atoms with Crippen molar-refractivity contribution in [1.82, 2.24) is 5.32 Å². The van der Waals surface area contributed by atoms with Gasteiger partial charge in [0.15, 0.2) is 5.17 Å². The van der Waals surface area contributed by atoms with Crippen molar-refractivity contribution in [3.05, 3.63) is 34.3 Å². The van der Waals surface area contributed by atoms with Crippen molar-refractivity contribution in [3.63, 3.8) is 0 Å². The van der Waals surface area contributed by atoms with Gasteiger partial charge in [-0.25, -0.2) is 0 Å². The van der Waals surface area contributed by atoms with E-state index in [0.29, 0.717) is 11.3 Å². The number of aliphatic imine (C=N–C) groups is 1. The van der Waals surface area contributed by atoms with Crippen LogP contribution in [0.3, 0.4) is 0 Å². The Kier molecular flexibility index (Phi) is 4.73. The zero-order valence-electron chi connectivity index (χ0n) is 11.0. The molecule has 1 N–H and O–H groups in total. The van der Waals surface area contributed by atoms with Crippen LogP contribution in [0.25, 0.3) is 0 Å². The first-order chi connectivity index (χ1) is 8.54. The lowest BCUT2D eigenvalue weighted by molar-refractivity contribution is 0.643. The fourth-order valence-electron chi connectivity index (χ4n) is 2.12. The van der Waals surface area contributed by atoms with Crippen LogP contribution < -0.4 is 5.32 Å². The number of nitrogens with one attached hydrogen (secondary N) is 1. The van der Waals surface area contributed by atoms with Crippen molar-refractivity contribution in [2.24, 2.45) is 4.99 Å². The molecule has 3 atom stereocenters. The van der Waals surface area contributed by atoms with E-state index < -0.39 is 0 Å². The van der Waals surface area contributed by atoms with E-state index in [4.69, 9.17) is 0 Å². The van der Waals surface area contributed by atoms with Crippen molar-refractivity contribution in [2.75, 3.05) is 0 Å². The van der Waals surface area contributed by atoms with Gasteiger partial charge in [-0.3, -0.25) is 4.99 Å². The quantitative estimate of drug-likeness (QED) is 0.872. The zero-order valence-corrected chi connectivity index (χ0v) is 13.4. The molecule has 2 nitrogen and oxygen atoms in total. The highest BCUT2D eigenvalue weighted by Crippen LogP contribution is 2.26. The molecule has 1 aliphatic rings. The summed E-state index contributed by atoms with van der Waals surface area (Å²) in [6.45, 7) is 6.62. The van der Waals surface area contributed by atoms with Crippen LogP contribution >= 0.6 is 27.7 Å². The average Bonchev–Trinajstić information content (AvgIpc) is 2.27. The summed E-state index contributed by atoms with van der Waals surface area (Å²) in [5, 5.41) is 5.24. The van der Waals surface area contributed by atoms with Gasteiger partial charge in [-0.05, 0) is 38.0 Å². The van der Waals surface area contributed by atoms with Gasteiger partial charge in [0, 0.05) is 9.72 Å². The normalized spacial score (nSPS) is 25.4. The molecule has 0 fully saturated rings. The third-order valence-electron chi connectivity index (χ3n) is 3.01. The number of rotatable bonds is 2. The molecule has 1 aliphatic heterocycles. The fraction of sp³-hybridized carbons (Fsp3) is 0.500. The maximum absolute atomic E-state index is 4.68. The summed E-state index contributed by atoms with van der Waals surface area (Å²) in [4.78, 5) is 4.68. The van der Waals surface area contributed by atoms with Crippen molar-refractivity contribution in [1.29, 1.82) is 0 Å². The molecule has 0 bridgehead atoms. The SMILES string of the molecule is CC1CC(C)SC(NC(C)c2cccc(Br)c2)=N1. The van der Waals surface area contributed by atoms with Gasteiger partial charge in [0.05, 0.1) is 12.1 Å². The van der Waals surface area contributed by atoms with E-state index in [0.717, 1.165) is 9.64 Å². The van der Waals surface area contributed by atoms with Gasteiger partial charge in [0.25, 0.3) is 0 Å². The molecular formula is C14H19BrN2S. The fourth-order valence-corrected chi connectivity index (χ4v) is 3.78. The summed E-state index contributed by atoms with van der Waals surface area (Å²) in [5.41, 5.74) is 1.28. The van der Waals surface area contributed by atoms with Gasteiger partial charge in [0.1, 0.15) is 0 Å². The van der Waals surface area contributed by atoms with Crippen LogP contribution in [0.2, 0.25) is 0 Å². The number of hydrogen-bond acceptors (Lipinski definition) is 3. The van der Waals surface area contributed by atoms with E-state index in [1.54, 1.807) is 0 Å². The molecule has 2 rings (SSSR count). The smallest absolute Gasteiger partial charge is 0.157 e. The van der Waals surface area contributed by atoms with E-state index in [2.05, 4.69) is 65.2 Å². The molecular weight excluding hydrogens is 308 g/mol. The molecule has 0 saturated carbocycles. The van der Waals surface area contributed by atoms with Crippen LogP contribution in [0.1, 0.15) is 38.8 Å². The van der Waals surface area contributed by atoms with Crippen LogP contribution in [-0.4, -0.2) is 16.5 Å². The van der Waals surface area contributed by atoms with Crippen LogP contribution in [0.5, 0.6) is 0 Å². The highest BCUT2D eigenvalue weighted by Gasteiger charge is 2.19. The predicted molar refractivity (Wildman–Crippen MR) is 84.3 cm³/mol. The number of halogens is 1. The molecule has 0 aliphatic carbocycles. The first-order valence-corrected chi connectivity index (χ1v) is 7.98. The molecule has 4 heteroatoms. The Morgan fingerprint density at radius 1 is 1.44 bits per heavy atom. The summed E-state index contributed by atoms with van der Waals surface area (Å²) in [5.74, 6) is 0. The minimum atomic E-state index is 0.284. The summed E-state index contributed by atoms with van der Waals surface area (Å²) < 4.78 is 1.12. The third kappa shape index (κ3) is 3.75. The van der Waals surface area contributed by atoms with E-state index in [1.807, 2.05) is 17.8 Å². The number of thioether (sulfide) groups is 1. The second kappa shape index (κ2) is 6.11. The van der Waals surface area contributed by atoms with E-state index in [9.17, 15) is 0 Å². The molecule has 1 aromatic carbocycles. The first-order valence-electron chi connectivity index (χ1n) is 6.31. The van der Waals surface area contributed by atoms with Gasteiger partial charge >= 0.3 is 0 Å². The highest BCUT2D eigenvalue weighted by atomic mass is 79.9. The minimum Gasteiger partial charge on any atom is -0.358 e. The maximum atomic E-state index is 4.68. The molecule has 0 saturated heterocycles. The number of benzene rings is 1. The lowest BCUT2D eigenvalue weighted by atomic mass is 10.1. The Morgan fingerprint density at radius 3 is 2.89 bits per heavy atom. The standard InChI is InChI=1S/C14H19BrN2S/c1-9-7-10(2)18-14(16-9)17-11(3)12-5-4-6-13(15)8-12/h4-6,8-11H,7H2,1-3H3,(H,16,17). The summed E-state index contributed by atoms with van der Waals surface area (Å²) in [7, 11) is 0. The summed E-state index contributed by atoms with van der Waals surface area (Å²) in [6, 6.07) is 9.12. The van der Waals surface area contributed by atoms with Crippen LogP contribution in [0, 0.1) is 0 Å². The molecule has 1 heterocycles. The van der Waals surface area contributed by atoms with Crippen molar-refractivity contribution < 1.29 is 0 Å². The summed E-state index contributed by atoms with van der Waals surface area (Å²) in [6.07, 6.45) is 1.17. The van der Waals surface area contributed by atoms with Crippen molar-refractivity contribution >= 4 is 32.9 Å². The molecule has 1 aromatic rings. The number of amidine groups is 1. The molecule has 0 aromatic heterocycles. The number of hydrogen-bond donors (Lipinski definition) is 1. The third-order valence-corrected chi connectivity index (χ3v) is 4.55. The predicted octanol–water partition coefficient (Wildman–Crippen LogP) is 4.37. The summed E-state index contributed by atoms with van der Waals surface area (Å²) >= 11 is 5.36. The van der Waals surface area contributed by atoms with Crippen LogP contribution in [0.4, 0.5) is 0 Å². The Hall–Kier alpha value is -0.480. The van der Waals surface area contributed by atoms with Gasteiger partial charge in [-0.15, -0.1) is 0 Å². The molecule has 0 spiro atoms. The van der Waals surface area contributed by atoms with E-state index in [-0.39, 0.29) is 6.04 Å². The number of nitrogens with zero attached hydrogens (tertiary/aromatic N) is 1. The minimum absolute atomic E-state index is 0.284. The van der Waals surface area contributed by atoms with Gasteiger partial charge in [-0.1, -0.05) is 46.7 Å². The maximum Gasteiger partial charge on any atom is 0.157 e. The van der Waals surface area contributed by atoms with Crippen molar-refractivity contribution in [2.45, 2.75) is 44.5 Å². The second-order valence-electron chi connectivity index (χ2n) is 4.87. The van der Waals surface area contributed by atoms with Gasteiger partial charge in [-0.2, -0.15) is 0 Å². The second-order valence-corrected chi connectivity index (χ2v) is 7.21. The van der Waals surface area contributed by atoms with Gasteiger partial charge < -0.3 is 5.32 Å². The molecule has 18 heavy (non-hydrogen) atoms. The Bertz CT molecular complexity index is 447. The van der Waals surface area contributed by atoms with E-state index >= 15 is 0 Å². The first kappa shape index (κ1) is 13.9. The Balaban J connectivity index is 2.05. The van der Waals surface area contributed by atoms with Crippen LogP contribution in [0.15, 0.2) is 33.7 Å². The van der Waals surface area contributed by atoms with Crippen LogP contribution in [-0.2, 0) is 0 Å². The Morgan fingerprint density at radius 2 is 2.22 bits per heavy atom. The largest absolute Gasteiger partial charge is 0.358 e. The molecule has 3 unspecified atom stereocenters. The lowest BCUT2D eigenvalue weighted by Crippen LogP contribution is -2.30. The van der Waals surface area contributed by atoms with Crippen molar-refractivity contribution in [3.8, 4) is 0 Å². The molecule has 98 valence electrons. The molecule has 0 amide bonds. The zero-order chi connectivity index (χ0) is 13.1. The molecule has 0 radical (unpaired) electrons. The average molecular weight is 327 g/mol. The van der Waals surface area contributed by atoms with E-state index in [1.165, 1.54) is 12.0 Å².